The molecule has 28 heavy (non-hydrogen) atoms. The molecule has 3 rings (SSSR count). The predicted molar refractivity (Wildman–Crippen MR) is 104 cm³/mol. The van der Waals surface area contributed by atoms with Crippen molar-refractivity contribution < 1.29 is 24.2 Å². The zero-order chi connectivity index (χ0) is 19.9. The van der Waals surface area contributed by atoms with Gasteiger partial charge in [-0.25, -0.2) is 9.59 Å². The monoisotopic (exact) mass is 372 g/mol. The fourth-order valence-electron chi connectivity index (χ4n) is 2.34. The van der Waals surface area contributed by atoms with Crippen molar-refractivity contribution in [1.29, 1.82) is 0 Å². The molecule has 0 atom stereocenters. The number of benzene rings is 3. The Morgan fingerprint density at radius 1 is 0.714 bits per heavy atom. The van der Waals surface area contributed by atoms with Gasteiger partial charge in [-0.05, 0) is 72.8 Å². The normalized spacial score (nSPS) is 9.75. The lowest BCUT2D eigenvalue weighted by atomic mass is 10.1. The molecule has 0 aliphatic heterocycles. The van der Waals surface area contributed by atoms with Crippen LogP contribution in [-0.2, 0) is 0 Å². The average Bonchev–Trinajstić information content (AvgIpc) is 2.73. The zero-order valence-corrected chi connectivity index (χ0v) is 15.0. The third-order valence-electron chi connectivity index (χ3n) is 3.87. The van der Waals surface area contributed by atoms with Gasteiger partial charge in [0.05, 0.1) is 18.2 Å². The van der Waals surface area contributed by atoms with Gasteiger partial charge in [-0.2, -0.15) is 0 Å². The van der Waals surface area contributed by atoms with Crippen LogP contribution in [0.3, 0.4) is 0 Å². The van der Waals surface area contributed by atoms with Crippen LogP contribution in [-0.4, -0.2) is 24.2 Å². The smallest absolute Gasteiger partial charge is 0.343 e. The van der Waals surface area contributed by atoms with E-state index in [1.54, 1.807) is 31.4 Å². The van der Waals surface area contributed by atoms with Gasteiger partial charge in [-0.1, -0.05) is 11.8 Å². The Kier molecular flexibility index (Phi) is 5.73. The van der Waals surface area contributed by atoms with Crippen LogP contribution in [0, 0.1) is 11.8 Å². The second kappa shape index (κ2) is 8.56. The fraction of sp³-hybridized carbons (Fsp3) is 0.0435. The topological polar surface area (TPSA) is 72.8 Å². The van der Waals surface area contributed by atoms with Crippen LogP contribution in [0.5, 0.6) is 11.5 Å². The summed E-state index contributed by atoms with van der Waals surface area (Å²) in [4.78, 5) is 23.0. The summed E-state index contributed by atoms with van der Waals surface area (Å²) < 4.78 is 10.4. The number of ether oxygens (including phenoxy) is 2. The van der Waals surface area contributed by atoms with Crippen LogP contribution >= 0.6 is 0 Å². The molecule has 0 bridgehead atoms. The van der Waals surface area contributed by atoms with E-state index in [9.17, 15) is 9.59 Å². The molecule has 5 heteroatoms. The quantitative estimate of drug-likeness (QED) is 0.426. The molecule has 0 fully saturated rings. The maximum atomic E-state index is 12.2. The second-order valence-corrected chi connectivity index (χ2v) is 5.77. The molecule has 0 radical (unpaired) electrons. The van der Waals surface area contributed by atoms with Crippen LogP contribution in [0.15, 0.2) is 72.8 Å². The summed E-state index contributed by atoms with van der Waals surface area (Å²) in [7, 11) is 1.61. The van der Waals surface area contributed by atoms with Gasteiger partial charge in [0.15, 0.2) is 0 Å². The summed E-state index contributed by atoms with van der Waals surface area (Å²) in [6, 6.07) is 19.8. The first-order valence-corrected chi connectivity index (χ1v) is 8.37. The van der Waals surface area contributed by atoms with Crippen molar-refractivity contribution in [2.45, 2.75) is 0 Å². The van der Waals surface area contributed by atoms with Gasteiger partial charge >= 0.3 is 11.9 Å². The van der Waals surface area contributed by atoms with Crippen molar-refractivity contribution >= 4 is 11.9 Å². The van der Waals surface area contributed by atoms with E-state index in [0.29, 0.717) is 5.56 Å². The van der Waals surface area contributed by atoms with Crippen molar-refractivity contribution in [3.63, 3.8) is 0 Å². The molecular formula is C23H16O5. The van der Waals surface area contributed by atoms with E-state index in [-0.39, 0.29) is 11.3 Å². The number of hydrogen-bond acceptors (Lipinski definition) is 4. The van der Waals surface area contributed by atoms with E-state index in [0.717, 1.165) is 16.9 Å². The summed E-state index contributed by atoms with van der Waals surface area (Å²) in [5.74, 6) is 5.56. The number of hydrogen-bond donors (Lipinski definition) is 1. The number of methoxy groups -OCH3 is 1. The number of carbonyl (C=O) groups excluding carboxylic acids is 1. The summed E-state index contributed by atoms with van der Waals surface area (Å²) in [5.41, 5.74) is 2.11. The highest BCUT2D eigenvalue weighted by atomic mass is 16.5. The molecule has 1 N–H and O–H groups in total. The van der Waals surface area contributed by atoms with E-state index in [1.165, 1.54) is 24.3 Å². The Bertz CT molecular complexity index is 1040. The molecule has 0 saturated heterocycles. The van der Waals surface area contributed by atoms with Gasteiger partial charge in [0.1, 0.15) is 11.5 Å². The molecule has 0 amide bonds. The van der Waals surface area contributed by atoms with Gasteiger partial charge in [0.2, 0.25) is 0 Å². The molecule has 5 nitrogen and oxygen atoms in total. The second-order valence-electron chi connectivity index (χ2n) is 5.77. The van der Waals surface area contributed by atoms with Gasteiger partial charge in [0, 0.05) is 11.1 Å². The Balaban J connectivity index is 1.65. The maximum Gasteiger partial charge on any atom is 0.343 e. The molecule has 0 heterocycles. The van der Waals surface area contributed by atoms with Crippen molar-refractivity contribution in [3.8, 4) is 23.3 Å². The Morgan fingerprint density at radius 2 is 1.18 bits per heavy atom. The highest BCUT2D eigenvalue weighted by molar-refractivity contribution is 5.91. The summed E-state index contributed by atoms with van der Waals surface area (Å²) >= 11 is 0. The van der Waals surface area contributed by atoms with Gasteiger partial charge in [0.25, 0.3) is 0 Å². The number of carboxylic acid groups (broad SMARTS) is 1. The molecule has 0 spiro atoms. The molecule has 0 unspecified atom stereocenters. The van der Waals surface area contributed by atoms with Gasteiger partial charge in [-0.15, -0.1) is 0 Å². The predicted octanol–water partition coefficient (Wildman–Crippen LogP) is 4.01. The van der Waals surface area contributed by atoms with Crippen LogP contribution < -0.4 is 9.47 Å². The fourth-order valence-corrected chi connectivity index (χ4v) is 2.34. The number of aromatic carboxylic acids is 1. The zero-order valence-electron chi connectivity index (χ0n) is 15.0. The molecular weight excluding hydrogens is 356 g/mol. The van der Waals surface area contributed by atoms with Crippen molar-refractivity contribution in [3.05, 3.63) is 95.1 Å². The molecule has 0 aliphatic rings. The first-order valence-electron chi connectivity index (χ1n) is 8.37. The SMILES string of the molecule is COc1ccc(C#Cc2ccc(C(=O)Oc3ccc(C(=O)O)cc3)cc2)cc1. The Morgan fingerprint density at radius 3 is 1.68 bits per heavy atom. The Labute approximate surface area is 162 Å². The van der Waals surface area contributed by atoms with E-state index >= 15 is 0 Å². The van der Waals surface area contributed by atoms with Crippen LogP contribution in [0.1, 0.15) is 31.8 Å². The van der Waals surface area contributed by atoms with Crippen molar-refractivity contribution in [1.82, 2.24) is 0 Å². The minimum atomic E-state index is -1.04. The van der Waals surface area contributed by atoms with E-state index in [1.807, 2.05) is 24.3 Å². The first kappa shape index (κ1) is 18.7. The average molecular weight is 372 g/mol. The van der Waals surface area contributed by atoms with Crippen LogP contribution in [0.2, 0.25) is 0 Å². The molecule has 3 aromatic carbocycles. The van der Waals surface area contributed by atoms with Crippen LogP contribution in [0.25, 0.3) is 0 Å². The lowest BCUT2D eigenvalue weighted by Gasteiger charge is -2.04. The van der Waals surface area contributed by atoms with Crippen LogP contribution in [0.4, 0.5) is 0 Å². The molecule has 0 saturated carbocycles. The lowest BCUT2D eigenvalue weighted by molar-refractivity contribution is 0.0696. The van der Waals surface area contributed by atoms with Gasteiger partial charge in [-0.3, -0.25) is 0 Å². The lowest BCUT2D eigenvalue weighted by Crippen LogP contribution is -2.08. The van der Waals surface area contributed by atoms with Crippen molar-refractivity contribution in [2.24, 2.45) is 0 Å². The number of esters is 1. The van der Waals surface area contributed by atoms with Gasteiger partial charge < -0.3 is 14.6 Å². The Hall–Kier alpha value is -4.04. The third-order valence-corrected chi connectivity index (χ3v) is 3.87. The molecule has 138 valence electrons. The molecule has 3 aromatic rings. The number of rotatable bonds is 4. The number of carboxylic acids is 1. The number of carbonyl (C=O) groups is 2. The van der Waals surface area contributed by atoms with E-state index in [2.05, 4.69) is 11.8 Å². The molecule has 0 aliphatic carbocycles. The summed E-state index contributed by atoms with van der Waals surface area (Å²) in [6.07, 6.45) is 0. The maximum absolute atomic E-state index is 12.2. The molecule has 0 aromatic heterocycles. The largest absolute Gasteiger partial charge is 0.497 e. The third kappa shape index (κ3) is 4.77. The van der Waals surface area contributed by atoms with E-state index < -0.39 is 11.9 Å². The highest BCUT2D eigenvalue weighted by Crippen LogP contribution is 2.15. The standard InChI is InChI=1S/C23H16O5/c1-27-20-12-6-17(7-13-20)3-2-16-4-8-19(9-5-16)23(26)28-21-14-10-18(11-15-21)22(24)25/h4-15H,1H3,(H,24,25). The summed E-state index contributed by atoms with van der Waals surface area (Å²) in [5, 5.41) is 8.88. The first-order chi connectivity index (χ1) is 13.5. The van der Waals surface area contributed by atoms with E-state index in [4.69, 9.17) is 14.6 Å². The minimum Gasteiger partial charge on any atom is -0.497 e. The highest BCUT2D eigenvalue weighted by Gasteiger charge is 2.09. The van der Waals surface area contributed by atoms with Crippen molar-refractivity contribution in [2.75, 3.05) is 7.11 Å². The minimum absolute atomic E-state index is 0.125. The summed E-state index contributed by atoms with van der Waals surface area (Å²) in [6.45, 7) is 0.